The molecule has 3 heteroatoms. The fraction of sp³-hybridized carbons (Fsp3) is 0.688. The highest BCUT2D eigenvalue weighted by Gasteiger charge is 2.19. The van der Waals surface area contributed by atoms with Gasteiger partial charge in [-0.1, -0.05) is 19.9 Å². The van der Waals surface area contributed by atoms with Crippen molar-refractivity contribution in [1.29, 1.82) is 0 Å². The first-order valence-electron chi connectivity index (χ1n) is 7.56. The van der Waals surface area contributed by atoms with Gasteiger partial charge in [0.2, 0.25) is 0 Å². The molecule has 1 fully saturated rings. The van der Waals surface area contributed by atoms with Crippen LogP contribution in [0, 0.1) is 11.8 Å². The standard InChI is InChI=1S/C16H27N3/c1-14(2)9-18-11-16-6-4-8-19(13-16)12-15-5-3-7-17-10-15/h3,5,7,10,14,16,18H,4,6,8-9,11-13H2,1-2H3. The minimum atomic E-state index is 0.745. The van der Waals surface area contributed by atoms with Crippen molar-refractivity contribution in [2.24, 2.45) is 11.8 Å². The number of nitrogens with zero attached hydrogens (tertiary/aromatic N) is 2. The third kappa shape index (κ3) is 5.29. The van der Waals surface area contributed by atoms with Gasteiger partial charge in [0.05, 0.1) is 0 Å². The highest BCUT2D eigenvalue weighted by atomic mass is 15.1. The Labute approximate surface area is 117 Å². The third-order valence-corrected chi connectivity index (χ3v) is 3.72. The fourth-order valence-corrected chi connectivity index (χ4v) is 2.79. The minimum absolute atomic E-state index is 0.745. The lowest BCUT2D eigenvalue weighted by Crippen LogP contribution is -2.39. The number of hydrogen-bond donors (Lipinski definition) is 1. The molecule has 0 bridgehead atoms. The molecule has 0 aliphatic carbocycles. The number of nitrogens with one attached hydrogen (secondary N) is 1. The molecule has 0 aromatic carbocycles. The van der Waals surface area contributed by atoms with Crippen molar-refractivity contribution in [1.82, 2.24) is 15.2 Å². The van der Waals surface area contributed by atoms with Crippen LogP contribution in [-0.2, 0) is 6.54 Å². The highest BCUT2D eigenvalue weighted by molar-refractivity contribution is 5.08. The van der Waals surface area contributed by atoms with Crippen LogP contribution in [0.2, 0.25) is 0 Å². The molecule has 0 radical (unpaired) electrons. The molecule has 1 aliphatic heterocycles. The van der Waals surface area contributed by atoms with Crippen molar-refractivity contribution in [2.75, 3.05) is 26.2 Å². The van der Waals surface area contributed by atoms with Gasteiger partial charge in [0, 0.05) is 25.5 Å². The van der Waals surface area contributed by atoms with Crippen LogP contribution in [-0.4, -0.2) is 36.1 Å². The zero-order valence-electron chi connectivity index (χ0n) is 12.3. The smallest absolute Gasteiger partial charge is 0.0312 e. The van der Waals surface area contributed by atoms with Gasteiger partial charge >= 0.3 is 0 Å². The highest BCUT2D eigenvalue weighted by Crippen LogP contribution is 2.17. The summed E-state index contributed by atoms with van der Waals surface area (Å²) in [5.41, 5.74) is 1.33. The molecule has 1 N–H and O–H groups in total. The van der Waals surface area contributed by atoms with E-state index in [1.165, 1.54) is 38.0 Å². The van der Waals surface area contributed by atoms with E-state index in [2.05, 4.69) is 35.1 Å². The average molecular weight is 261 g/mol. The molecule has 0 amide bonds. The predicted octanol–water partition coefficient (Wildman–Crippen LogP) is 2.54. The summed E-state index contributed by atoms with van der Waals surface area (Å²) in [4.78, 5) is 6.77. The van der Waals surface area contributed by atoms with Crippen LogP contribution < -0.4 is 5.32 Å². The van der Waals surface area contributed by atoms with Crippen LogP contribution in [0.15, 0.2) is 24.5 Å². The summed E-state index contributed by atoms with van der Waals surface area (Å²) in [6, 6.07) is 4.20. The Kier molecular flexibility index (Phi) is 5.80. The summed E-state index contributed by atoms with van der Waals surface area (Å²) in [5.74, 6) is 1.55. The van der Waals surface area contributed by atoms with Crippen molar-refractivity contribution < 1.29 is 0 Å². The fourth-order valence-electron chi connectivity index (χ4n) is 2.79. The van der Waals surface area contributed by atoms with Gasteiger partial charge in [0.15, 0.2) is 0 Å². The van der Waals surface area contributed by atoms with Gasteiger partial charge in [-0.25, -0.2) is 0 Å². The van der Waals surface area contributed by atoms with Gasteiger partial charge in [0.1, 0.15) is 0 Å². The van der Waals surface area contributed by atoms with E-state index in [0.717, 1.165) is 24.9 Å². The lowest BCUT2D eigenvalue weighted by molar-refractivity contribution is 0.164. The van der Waals surface area contributed by atoms with E-state index < -0.39 is 0 Å². The molecule has 0 saturated carbocycles. The zero-order chi connectivity index (χ0) is 13.5. The topological polar surface area (TPSA) is 28.2 Å². The van der Waals surface area contributed by atoms with Gasteiger partial charge < -0.3 is 5.32 Å². The lowest BCUT2D eigenvalue weighted by atomic mass is 9.97. The summed E-state index contributed by atoms with van der Waals surface area (Å²) in [6.07, 6.45) is 6.53. The molecule has 1 atom stereocenters. The van der Waals surface area contributed by atoms with Crippen molar-refractivity contribution in [2.45, 2.75) is 33.2 Å². The quantitative estimate of drug-likeness (QED) is 0.853. The lowest BCUT2D eigenvalue weighted by Gasteiger charge is -2.33. The SMILES string of the molecule is CC(C)CNCC1CCCN(Cc2cccnc2)C1. The second-order valence-corrected chi connectivity index (χ2v) is 6.16. The maximum absolute atomic E-state index is 4.20. The second-order valence-electron chi connectivity index (χ2n) is 6.16. The van der Waals surface area contributed by atoms with Crippen molar-refractivity contribution >= 4 is 0 Å². The van der Waals surface area contributed by atoms with Gasteiger partial charge in [-0.05, 0) is 55.9 Å². The zero-order valence-corrected chi connectivity index (χ0v) is 12.3. The summed E-state index contributed by atoms with van der Waals surface area (Å²) in [6.45, 7) is 10.3. The first-order valence-corrected chi connectivity index (χ1v) is 7.56. The summed E-state index contributed by atoms with van der Waals surface area (Å²) in [5, 5.41) is 3.60. The molecule has 0 spiro atoms. The Hall–Kier alpha value is -0.930. The van der Waals surface area contributed by atoms with Crippen LogP contribution in [0.4, 0.5) is 0 Å². The van der Waals surface area contributed by atoms with Crippen LogP contribution in [0.5, 0.6) is 0 Å². The number of pyridine rings is 1. The number of hydrogen-bond acceptors (Lipinski definition) is 3. The molecular weight excluding hydrogens is 234 g/mol. The van der Waals surface area contributed by atoms with Crippen LogP contribution in [0.3, 0.4) is 0 Å². The Morgan fingerprint density at radius 3 is 3.11 bits per heavy atom. The first-order chi connectivity index (χ1) is 9.24. The van der Waals surface area contributed by atoms with E-state index in [1.54, 1.807) is 0 Å². The number of rotatable bonds is 6. The van der Waals surface area contributed by atoms with E-state index in [9.17, 15) is 0 Å². The monoisotopic (exact) mass is 261 g/mol. The molecular formula is C16H27N3. The van der Waals surface area contributed by atoms with E-state index >= 15 is 0 Å². The summed E-state index contributed by atoms with van der Waals surface area (Å²) >= 11 is 0. The van der Waals surface area contributed by atoms with Gasteiger partial charge in [-0.15, -0.1) is 0 Å². The molecule has 2 heterocycles. The Balaban J connectivity index is 1.74. The average Bonchev–Trinajstić information content (AvgIpc) is 2.40. The predicted molar refractivity (Wildman–Crippen MR) is 79.9 cm³/mol. The number of piperidine rings is 1. The van der Waals surface area contributed by atoms with Gasteiger partial charge in [-0.3, -0.25) is 9.88 Å². The molecule has 1 saturated heterocycles. The summed E-state index contributed by atoms with van der Waals surface area (Å²) < 4.78 is 0. The minimum Gasteiger partial charge on any atom is -0.316 e. The Morgan fingerprint density at radius 1 is 1.47 bits per heavy atom. The molecule has 1 aromatic rings. The van der Waals surface area contributed by atoms with Gasteiger partial charge in [-0.2, -0.15) is 0 Å². The summed E-state index contributed by atoms with van der Waals surface area (Å²) in [7, 11) is 0. The molecule has 19 heavy (non-hydrogen) atoms. The van der Waals surface area contributed by atoms with E-state index in [0.29, 0.717) is 0 Å². The van der Waals surface area contributed by atoms with E-state index in [4.69, 9.17) is 0 Å². The maximum Gasteiger partial charge on any atom is 0.0312 e. The van der Waals surface area contributed by atoms with Crippen molar-refractivity contribution in [3.8, 4) is 0 Å². The molecule has 3 nitrogen and oxygen atoms in total. The van der Waals surface area contributed by atoms with Crippen LogP contribution in [0.25, 0.3) is 0 Å². The van der Waals surface area contributed by atoms with Gasteiger partial charge in [0.25, 0.3) is 0 Å². The van der Waals surface area contributed by atoms with Crippen molar-refractivity contribution in [3.63, 3.8) is 0 Å². The third-order valence-electron chi connectivity index (χ3n) is 3.72. The molecule has 1 unspecified atom stereocenters. The second kappa shape index (κ2) is 7.61. The van der Waals surface area contributed by atoms with Crippen molar-refractivity contribution in [3.05, 3.63) is 30.1 Å². The molecule has 2 rings (SSSR count). The Morgan fingerprint density at radius 2 is 2.37 bits per heavy atom. The largest absolute Gasteiger partial charge is 0.316 e. The number of aromatic nitrogens is 1. The molecule has 1 aromatic heterocycles. The van der Waals surface area contributed by atoms with Crippen LogP contribution >= 0.6 is 0 Å². The van der Waals surface area contributed by atoms with E-state index in [-0.39, 0.29) is 0 Å². The first kappa shape index (κ1) is 14.5. The normalized spacial score (nSPS) is 20.9. The maximum atomic E-state index is 4.20. The molecule has 106 valence electrons. The molecule has 1 aliphatic rings. The van der Waals surface area contributed by atoms with E-state index in [1.807, 2.05) is 18.5 Å². The Bertz CT molecular complexity index is 350. The number of likely N-dealkylation sites (tertiary alicyclic amines) is 1. The van der Waals surface area contributed by atoms with Crippen LogP contribution in [0.1, 0.15) is 32.3 Å².